The summed E-state index contributed by atoms with van der Waals surface area (Å²) in [6, 6.07) is 7.44. The fourth-order valence-electron chi connectivity index (χ4n) is 2.04. The summed E-state index contributed by atoms with van der Waals surface area (Å²) < 4.78 is 25.5. The molecule has 1 heterocycles. The Morgan fingerprint density at radius 1 is 1.50 bits per heavy atom. The second-order valence-corrected chi connectivity index (χ2v) is 7.88. The first-order valence-corrected chi connectivity index (χ1v) is 8.78. The number of rotatable bonds is 5. The van der Waals surface area contributed by atoms with Crippen LogP contribution in [0.5, 0.6) is 0 Å². The van der Waals surface area contributed by atoms with Crippen molar-refractivity contribution in [3.63, 3.8) is 0 Å². The average Bonchev–Trinajstić information content (AvgIpc) is 2.38. The number of halogens is 1. The molecule has 0 atom stereocenters. The van der Waals surface area contributed by atoms with E-state index in [4.69, 9.17) is 5.26 Å². The molecule has 1 aromatic carbocycles. The Kier molecular flexibility index (Phi) is 4.68. The van der Waals surface area contributed by atoms with E-state index in [-0.39, 0.29) is 5.75 Å². The van der Waals surface area contributed by atoms with Crippen LogP contribution in [0.3, 0.4) is 0 Å². The molecule has 1 aromatic rings. The Hall–Kier alpha value is -1.10. The number of nitrogens with one attached hydrogen (secondary N) is 1. The highest BCUT2D eigenvalue weighted by Crippen LogP contribution is 2.25. The molecule has 1 N–H and O–H groups in total. The number of sulfonamides is 1. The van der Waals surface area contributed by atoms with Crippen LogP contribution in [0.4, 0.5) is 5.69 Å². The largest absolute Gasteiger partial charge is 0.384 e. The maximum Gasteiger partial charge on any atom is 0.213 e. The second-order valence-electron chi connectivity index (χ2n) is 4.77. The Balaban J connectivity index is 1.85. The van der Waals surface area contributed by atoms with Gasteiger partial charge in [0.2, 0.25) is 10.0 Å². The van der Waals surface area contributed by atoms with Crippen LogP contribution in [0.25, 0.3) is 0 Å². The molecule has 20 heavy (non-hydrogen) atoms. The topological polar surface area (TPSA) is 73.2 Å². The first-order chi connectivity index (χ1) is 9.46. The van der Waals surface area contributed by atoms with E-state index in [1.54, 1.807) is 19.1 Å². The molecule has 0 aromatic heterocycles. The number of nitrogens with zero attached hydrogens (tertiary/aromatic N) is 2. The molecule has 0 aliphatic carbocycles. The predicted molar refractivity (Wildman–Crippen MR) is 81.9 cm³/mol. The molecule has 1 fully saturated rings. The molecule has 108 valence electrons. The lowest BCUT2D eigenvalue weighted by Crippen LogP contribution is -2.52. The molecule has 2 rings (SSSR count). The fraction of sp³-hybridized carbons (Fsp3) is 0.462. The third kappa shape index (κ3) is 3.32. The molecule has 0 amide bonds. The molecule has 0 spiro atoms. The second kappa shape index (κ2) is 6.12. The lowest BCUT2D eigenvalue weighted by atomic mass is 10.0. The highest BCUT2D eigenvalue weighted by atomic mass is 79.9. The molecule has 5 nitrogen and oxygen atoms in total. The molecule has 0 unspecified atom stereocenters. The molecule has 7 heteroatoms. The van der Waals surface area contributed by atoms with Crippen LogP contribution in [0.1, 0.15) is 12.5 Å². The van der Waals surface area contributed by atoms with Crippen molar-refractivity contribution in [1.29, 1.82) is 5.26 Å². The van der Waals surface area contributed by atoms with Gasteiger partial charge in [-0.05, 0) is 41.1 Å². The minimum absolute atomic E-state index is 0.161. The van der Waals surface area contributed by atoms with E-state index in [2.05, 4.69) is 27.3 Å². The van der Waals surface area contributed by atoms with Gasteiger partial charge < -0.3 is 5.32 Å². The zero-order valence-electron chi connectivity index (χ0n) is 11.1. The lowest BCUT2D eigenvalue weighted by molar-refractivity contribution is 0.212. The number of benzene rings is 1. The molecule has 1 saturated heterocycles. The smallest absolute Gasteiger partial charge is 0.213 e. The van der Waals surface area contributed by atoms with Gasteiger partial charge in [0.05, 0.1) is 17.4 Å². The van der Waals surface area contributed by atoms with E-state index in [9.17, 15) is 8.42 Å². The van der Waals surface area contributed by atoms with Crippen molar-refractivity contribution in [2.24, 2.45) is 5.92 Å². The first kappa shape index (κ1) is 15.3. The normalized spacial score (nSPS) is 16.4. The molecule has 1 aliphatic rings. The summed E-state index contributed by atoms with van der Waals surface area (Å²) in [6.45, 7) is 3.54. The van der Waals surface area contributed by atoms with Crippen LogP contribution >= 0.6 is 15.9 Å². The van der Waals surface area contributed by atoms with Crippen LogP contribution in [-0.2, 0) is 10.0 Å². The van der Waals surface area contributed by atoms with Crippen LogP contribution in [0.15, 0.2) is 22.7 Å². The van der Waals surface area contributed by atoms with Gasteiger partial charge in [-0.2, -0.15) is 5.26 Å². The van der Waals surface area contributed by atoms with E-state index in [1.165, 1.54) is 4.31 Å². The van der Waals surface area contributed by atoms with Gasteiger partial charge in [-0.1, -0.05) is 0 Å². The van der Waals surface area contributed by atoms with Crippen LogP contribution < -0.4 is 5.32 Å². The van der Waals surface area contributed by atoms with Crippen molar-refractivity contribution in [2.45, 2.75) is 6.92 Å². The molecule has 1 aliphatic heterocycles. The number of anilines is 1. The molecule has 0 bridgehead atoms. The monoisotopic (exact) mass is 357 g/mol. The van der Waals surface area contributed by atoms with Gasteiger partial charge in [-0.25, -0.2) is 12.7 Å². The zero-order valence-corrected chi connectivity index (χ0v) is 13.5. The summed E-state index contributed by atoms with van der Waals surface area (Å²) in [6.07, 6.45) is 0. The lowest BCUT2D eigenvalue weighted by Gasteiger charge is -2.38. The SMILES string of the molecule is CCS(=O)(=O)N1CC(CNc2ccc(C#N)cc2Br)C1. The Morgan fingerprint density at radius 2 is 2.20 bits per heavy atom. The van der Waals surface area contributed by atoms with E-state index < -0.39 is 10.0 Å². The van der Waals surface area contributed by atoms with Crippen molar-refractivity contribution >= 4 is 31.6 Å². The minimum Gasteiger partial charge on any atom is -0.384 e. The van der Waals surface area contributed by atoms with E-state index in [1.807, 2.05) is 6.07 Å². The van der Waals surface area contributed by atoms with E-state index in [0.717, 1.165) is 16.7 Å². The van der Waals surface area contributed by atoms with Gasteiger partial charge in [-0.3, -0.25) is 0 Å². The molecular formula is C13H16BrN3O2S. The number of hydrogen-bond donors (Lipinski definition) is 1. The standard InChI is InChI=1S/C13H16BrN3O2S/c1-2-20(18,19)17-8-11(9-17)7-16-13-4-3-10(6-15)5-12(13)14/h3-5,11,16H,2,7-9H2,1H3. The molecule has 0 saturated carbocycles. The summed E-state index contributed by atoms with van der Waals surface area (Å²) in [5, 5.41) is 12.1. The van der Waals surface area contributed by atoms with Gasteiger partial charge in [-0.15, -0.1) is 0 Å². The summed E-state index contributed by atoms with van der Waals surface area (Å²) in [7, 11) is -3.03. The number of hydrogen-bond acceptors (Lipinski definition) is 4. The van der Waals surface area contributed by atoms with Crippen LogP contribution in [0.2, 0.25) is 0 Å². The summed E-state index contributed by atoms with van der Waals surface area (Å²) in [5.74, 6) is 0.493. The van der Waals surface area contributed by atoms with Crippen molar-refractivity contribution in [3.05, 3.63) is 28.2 Å². The Bertz CT molecular complexity index is 634. The fourth-order valence-corrected chi connectivity index (χ4v) is 3.80. The van der Waals surface area contributed by atoms with Gasteiger partial charge >= 0.3 is 0 Å². The number of nitriles is 1. The molecule has 0 radical (unpaired) electrons. The summed E-state index contributed by atoms with van der Waals surface area (Å²) in [5.41, 5.74) is 1.52. The first-order valence-electron chi connectivity index (χ1n) is 6.37. The maximum absolute atomic E-state index is 11.6. The maximum atomic E-state index is 11.6. The van der Waals surface area contributed by atoms with Gasteiger partial charge in [0.1, 0.15) is 0 Å². The molecular weight excluding hydrogens is 342 g/mol. The third-order valence-corrected chi connectivity index (χ3v) is 5.83. The van der Waals surface area contributed by atoms with Crippen LogP contribution in [-0.4, -0.2) is 38.1 Å². The average molecular weight is 358 g/mol. The van der Waals surface area contributed by atoms with Gasteiger partial charge in [0.15, 0.2) is 0 Å². The van der Waals surface area contributed by atoms with E-state index in [0.29, 0.717) is 24.6 Å². The van der Waals surface area contributed by atoms with Crippen LogP contribution in [0, 0.1) is 17.2 Å². The Labute approximate surface area is 127 Å². The van der Waals surface area contributed by atoms with Crippen molar-refractivity contribution < 1.29 is 8.42 Å². The highest BCUT2D eigenvalue weighted by Gasteiger charge is 2.34. The van der Waals surface area contributed by atoms with Gasteiger partial charge in [0.25, 0.3) is 0 Å². The van der Waals surface area contributed by atoms with Crippen molar-refractivity contribution in [2.75, 3.05) is 30.7 Å². The predicted octanol–water partition coefficient (Wildman–Crippen LogP) is 2.01. The van der Waals surface area contributed by atoms with Gasteiger partial charge in [0, 0.05) is 35.7 Å². The van der Waals surface area contributed by atoms with E-state index >= 15 is 0 Å². The quantitative estimate of drug-likeness (QED) is 0.874. The summed E-state index contributed by atoms with van der Waals surface area (Å²) in [4.78, 5) is 0. The third-order valence-electron chi connectivity index (χ3n) is 3.36. The Morgan fingerprint density at radius 3 is 2.75 bits per heavy atom. The minimum atomic E-state index is -3.03. The highest BCUT2D eigenvalue weighted by molar-refractivity contribution is 9.10. The zero-order chi connectivity index (χ0) is 14.8. The van der Waals surface area contributed by atoms with Crippen molar-refractivity contribution in [1.82, 2.24) is 4.31 Å². The summed E-state index contributed by atoms with van der Waals surface area (Å²) >= 11 is 3.41. The van der Waals surface area contributed by atoms with Crippen molar-refractivity contribution in [3.8, 4) is 6.07 Å².